The van der Waals surface area contributed by atoms with E-state index >= 15 is 0 Å². The number of aryl methyl sites for hydroxylation is 1. The van der Waals surface area contributed by atoms with Crippen molar-refractivity contribution in [1.29, 1.82) is 0 Å². The van der Waals surface area contributed by atoms with Gasteiger partial charge in [0, 0.05) is 16.6 Å². The van der Waals surface area contributed by atoms with Crippen molar-refractivity contribution in [3.05, 3.63) is 89.7 Å². The number of aromatic nitrogens is 3. The number of pyridine rings is 1. The summed E-state index contributed by atoms with van der Waals surface area (Å²) in [5, 5.41) is 0.909. The van der Waals surface area contributed by atoms with E-state index in [0.717, 1.165) is 5.39 Å². The number of nitrogen functional groups attached to an aromatic ring is 1. The highest BCUT2D eigenvalue weighted by Gasteiger charge is 2.22. The van der Waals surface area contributed by atoms with Gasteiger partial charge < -0.3 is 14.9 Å². The molecular formula is C26H19F3N4O2. The smallest absolute Gasteiger partial charge is 0.280 e. The summed E-state index contributed by atoms with van der Waals surface area (Å²) in [6.45, 7) is 1.62. The maximum absolute atomic E-state index is 13.6. The first-order chi connectivity index (χ1) is 16.9. The zero-order chi connectivity index (χ0) is 24.5. The molecule has 0 fully saturated rings. The van der Waals surface area contributed by atoms with E-state index in [4.69, 9.17) is 14.9 Å². The van der Waals surface area contributed by atoms with Crippen LogP contribution < -0.4 is 10.5 Å². The maximum atomic E-state index is 13.6. The molecule has 0 aliphatic heterocycles. The summed E-state index contributed by atoms with van der Waals surface area (Å²) in [6.07, 6.45) is -2.78. The summed E-state index contributed by atoms with van der Waals surface area (Å²) >= 11 is 0. The number of anilines is 1. The van der Waals surface area contributed by atoms with Crippen LogP contribution in [0.1, 0.15) is 23.6 Å². The van der Waals surface area contributed by atoms with Gasteiger partial charge in [-0.25, -0.2) is 18.2 Å². The van der Waals surface area contributed by atoms with Gasteiger partial charge in [-0.15, -0.1) is 0 Å². The number of benzene rings is 2. The van der Waals surface area contributed by atoms with E-state index in [-0.39, 0.29) is 18.4 Å². The van der Waals surface area contributed by atoms with E-state index in [1.54, 1.807) is 13.0 Å². The highest BCUT2D eigenvalue weighted by Crippen LogP contribution is 2.39. The van der Waals surface area contributed by atoms with E-state index in [9.17, 15) is 13.2 Å². The second-order valence-electron chi connectivity index (χ2n) is 7.88. The molecule has 3 heterocycles. The highest BCUT2D eigenvalue weighted by atomic mass is 19.3. The molecule has 0 radical (unpaired) electrons. The van der Waals surface area contributed by atoms with Gasteiger partial charge >= 0.3 is 0 Å². The molecule has 0 aliphatic carbocycles. The molecule has 0 amide bonds. The summed E-state index contributed by atoms with van der Waals surface area (Å²) < 4.78 is 52.5. The number of ether oxygens (including phenoxy) is 1. The van der Waals surface area contributed by atoms with Crippen LogP contribution >= 0.6 is 0 Å². The number of nitrogens with zero attached hydrogens (tertiary/aromatic N) is 3. The van der Waals surface area contributed by atoms with Gasteiger partial charge in [-0.3, -0.25) is 4.98 Å². The van der Waals surface area contributed by atoms with Crippen molar-refractivity contribution in [1.82, 2.24) is 15.0 Å². The van der Waals surface area contributed by atoms with E-state index in [2.05, 4.69) is 15.0 Å². The average molecular weight is 476 g/mol. The van der Waals surface area contributed by atoms with Crippen LogP contribution in [-0.4, -0.2) is 15.0 Å². The monoisotopic (exact) mass is 476 g/mol. The summed E-state index contributed by atoms with van der Waals surface area (Å²) in [7, 11) is 0. The predicted octanol–water partition coefficient (Wildman–Crippen LogP) is 6.50. The Hall–Kier alpha value is -4.40. The minimum atomic E-state index is -2.78. The fourth-order valence-electron chi connectivity index (χ4n) is 3.84. The lowest BCUT2D eigenvalue weighted by atomic mass is 9.99. The van der Waals surface area contributed by atoms with Crippen LogP contribution in [0.2, 0.25) is 0 Å². The molecule has 0 bridgehead atoms. The summed E-state index contributed by atoms with van der Waals surface area (Å²) in [5.41, 5.74) is 8.18. The molecular weight excluding hydrogens is 457 g/mol. The number of rotatable bonds is 6. The first-order valence-electron chi connectivity index (χ1n) is 10.7. The van der Waals surface area contributed by atoms with E-state index in [1.807, 2.05) is 30.3 Å². The van der Waals surface area contributed by atoms with Crippen LogP contribution in [0.4, 0.5) is 19.1 Å². The third kappa shape index (κ3) is 4.65. The van der Waals surface area contributed by atoms with Gasteiger partial charge in [0.15, 0.2) is 0 Å². The molecule has 5 rings (SSSR count). The van der Waals surface area contributed by atoms with Crippen molar-refractivity contribution >= 4 is 16.9 Å². The van der Waals surface area contributed by atoms with Crippen LogP contribution in [0.5, 0.6) is 5.88 Å². The third-order valence-corrected chi connectivity index (χ3v) is 5.32. The van der Waals surface area contributed by atoms with Crippen LogP contribution in [0, 0.1) is 12.7 Å². The van der Waals surface area contributed by atoms with Crippen LogP contribution in [0.3, 0.4) is 0 Å². The van der Waals surface area contributed by atoms with Gasteiger partial charge in [-0.2, -0.15) is 4.98 Å². The largest absolute Gasteiger partial charge is 0.469 e. The lowest BCUT2D eigenvalue weighted by Gasteiger charge is -2.16. The zero-order valence-electron chi connectivity index (χ0n) is 18.5. The average Bonchev–Trinajstić information content (AvgIpc) is 3.25. The van der Waals surface area contributed by atoms with E-state index in [1.165, 1.54) is 30.3 Å². The maximum Gasteiger partial charge on any atom is 0.280 e. The fraction of sp³-hybridized carbons (Fsp3) is 0.115. The molecule has 0 spiro atoms. The Morgan fingerprint density at radius 3 is 2.46 bits per heavy atom. The Morgan fingerprint density at radius 1 is 0.943 bits per heavy atom. The van der Waals surface area contributed by atoms with Gasteiger partial charge in [0.2, 0.25) is 11.8 Å². The van der Waals surface area contributed by atoms with E-state index in [0.29, 0.717) is 39.4 Å². The van der Waals surface area contributed by atoms with Gasteiger partial charge in [0.1, 0.15) is 29.5 Å². The van der Waals surface area contributed by atoms with Gasteiger partial charge in [-0.1, -0.05) is 18.2 Å². The van der Waals surface area contributed by atoms with Crippen molar-refractivity contribution in [2.75, 3.05) is 5.73 Å². The molecule has 0 saturated heterocycles. The molecule has 0 aliphatic rings. The second kappa shape index (κ2) is 9.09. The number of nitrogens with two attached hydrogens (primary N) is 1. The molecule has 0 atom stereocenters. The first kappa shape index (κ1) is 22.4. The summed E-state index contributed by atoms with van der Waals surface area (Å²) in [6, 6.07) is 17.8. The summed E-state index contributed by atoms with van der Waals surface area (Å²) in [4.78, 5) is 12.5. The van der Waals surface area contributed by atoms with Crippen molar-refractivity contribution in [2.45, 2.75) is 20.0 Å². The molecule has 176 valence electrons. The normalized spacial score (nSPS) is 11.3. The van der Waals surface area contributed by atoms with E-state index < -0.39 is 17.9 Å². The number of furan rings is 1. The van der Waals surface area contributed by atoms with Gasteiger partial charge in [-0.05, 0) is 61.0 Å². The minimum Gasteiger partial charge on any atom is -0.469 e. The number of halogens is 3. The molecule has 2 N–H and O–H groups in total. The van der Waals surface area contributed by atoms with Crippen LogP contribution in [0.15, 0.2) is 71.1 Å². The van der Waals surface area contributed by atoms with Crippen LogP contribution in [0.25, 0.3) is 33.4 Å². The third-order valence-electron chi connectivity index (χ3n) is 5.32. The minimum absolute atomic E-state index is 0.00671. The molecule has 9 heteroatoms. The highest BCUT2D eigenvalue weighted by molar-refractivity contribution is 5.85. The lowest BCUT2D eigenvalue weighted by molar-refractivity contribution is 0.146. The van der Waals surface area contributed by atoms with Crippen molar-refractivity contribution in [3.63, 3.8) is 0 Å². The Morgan fingerprint density at radius 2 is 1.71 bits per heavy atom. The Balaban J connectivity index is 1.65. The Labute approximate surface area is 198 Å². The molecule has 0 saturated carbocycles. The molecule has 3 aromatic heterocycles. The van der Waals surface area contributed by atoms with Gasteiger partial charge in [0.05, 0.1) is 11.3 Å². The lowest BCUT2D eigenvalue weighted by Crippen LogP contribution is -2.06. The molecule has 6 nitrogen and oxygen atoms in total. The Bertz CT molecular complexity index is 1480. The fourth-order valence-corrected chi connectivity index (χ4v) is 3.84. The molecule has 35 heavy (non-hydrogen) atoms. The predicted molar refractivity (Wildman–Crippen MR) is 125 cm³/mol. The second-order valence-corrected chi connectivity index (χ2v) is 7.88. The summed E-state index contributed by atoms with van der Waals surface area (Å²) in [5.74, 6) is 0.0888. The zero-order valence-corrected chi connectivity index (χ0v) is 18.5. The van der Waals surface area contributed by atoms with Crippen molar-refractivity contribution in [2.24, 2.45) is 0 Å². The number of hydrogen-bond acceptors (Lipinski definition) is 6. The Kier molecular flexibility index (Phi) is 5.82. The SMILES string of the molecule is Cc1cc(-c2c(OCc3cc4ccccc4o3)nc(N)nc2-c2ccc(F)cc2)cc(C(F)F)n1. The number of para-hydroxylation sites is 1. The molecule has 2 aromatic carbocycles. The van der Waals surface area contributed by atoms with Crippen molar-refractivity contribution < 1.29 is 22.3 Å². The standard InChI is InChI=1S/C26H19F3N4O2/c1-14-10-17(12-20(31-14)24(28)29)22-23(15-6-8-18(27)9-7-15)32-26(30)33-25(22)34-13-19-11-16-4-2-3-5-21(16)35-19/h2-12,24H,13H2,1H3,(H2,30,32,33). The first-order valence-corrected chi connectivity index (χ1v) is 10.7. The molecule has 5 aromatic rings. The van der Waals surface area contributed by atoms with Crippen LogP contribution in [-0.2, 0) is 6.61 Å². The number of alkyl halides is 2. The number of fused-ring (bicyclic) bond motifs is 1. The number of hydrogen-bond donors (Lipinski definition) is 1. The van der Waals surface area contributed by atoms with Crippen molar-refractivity contribution in [3.8, 4) is 28.3 Å². The quantitative estimate of drug-likeness (QED) is 0.301. The van der Waals surface area contributed by atoms with Gasteiger partial charge in [0.25, 0.3) is 6.43 Å². The molecule has 0 unspecified atom stereocenters. The topological polar surface area (TPSA) is 87.1 Å².